The predicted octanol–water partition coefficient (Wildman–Crippen LogP) is 2.32. The summed E-state index contributed by atoms with van der Waals surface area (Å²) in [6.07, 6.45) is 4.52. The fourth-order valence-electron chi connectivity index (χ4n) is 5.94. The number of carbonyl (C=O) groups excluding carboxylic acids is 4. The van der Waals surface area contributed by atoms with Crippen LogP contribution in [0.3, 0.4) is 0 Å². The van der Waals surface area contributed by atoms with Crippen molar-refractivity contribution in [1.29, 1.82) is 0 Å². The molecule has 3 rings (SSSR count). The highest BCUT2D eigenvalue weighted by molar-refractivity contribution is 8.13. The Kier molecular flexibility index (Phi) is 22.3. The van der Waals surface area contributed by atoms with Crippen LogP contribution in [0.25, 0.3) is 11.2 Å². The van der Waals surface area contributed by atoms with E-state index in [4.69, 9.17) is 19.5 Å². The first-order valence-electron chi connectivity index (χ1n) is 20.2. The molecule has 0 radical (unpaired) electrons. The zero-order chi connectivity index (χ0) is 47.7. The minimum Gasteiger partial charge on any atom is -0.386 e. The topological polar surface area (TPSA) is 381 Å². The van der Waals surface area contributed by atoms with E-state index in [1.165, 1.54) is 33.1 Å². The van der Waals surface area contributed by atoms with Crippen molar-refractivity contribution in [2.75, 3.05) is 37.8 Å². The van der Waals surface area contributed by atoms with Crippen LogP contribution < -0.4 is 16.4 Å². The van der Waals surface area contributed by atoms with Crippen LogP contribution >= 0.6 is 35.2 Å². The summed E-state index contributed by atoms with van der Waals surface area (Å²) in [6.45, 7) is 2.48. The Morgan fingerprint density at radius 3 is 2.34 bits per heavy atom. The summed E-state index contributed by atoms with van der Waals surface area (Å²) in [7, 11) is -16.4. The molecule has 1 aliphatic heterocycles. The Bertz CT molecular complexity index is 2060. The van der Waals surface area contributed by atoms with E-state index in [-0.39, 0.29) is 59.6 Å². The molecule has 3 heterocycles. The van der Waals surface area contributed by atoms with Crippen LogP contribution in [0.2, 0.25) is 0 Å². The van der Waals surface area contributed by atoms with E-state index in [2.05, 4.69) is 53.5 Å². The molecule has 0 bridgehead atoms. The average molecular weight is 990 g/mol. The molecule has 2 aromatic rings. The monoisotopic (exact) mass is 989 g/mol. The molecule has 0 aromatic carbocycles. The van der Waals surface area contributed by atoms with Crippen molar-refractivity contribution in [3.8, 4) is 0 Å². The SMILES string of the molecule is CCCCCC/C=C\CCCC(=O)CC(=O)SCCNC(=O)CCNC(=O)[C@H](O)C(C)(C)COP(=O)(O)OP(=O)(O)OC[C@H]1O[C@@H](n2cnc3c(N)ncnc32)[C@H](O)[C@@H]1OP(=O)(O)O. The smallest absolute Gasteiger partial charge is 0.386 e. The summed E-state index contributed by atoms with van der Waals surface area (Å²) >= 11 is 0.920. The molecule has 2 aromatic heterocycles. The van der Waals surface area contributed by atoms with Gasteiger partial charge in [0.25, 0.3) is 0 Å². The summed E-state index contributed by atoms with van der Waals surface area (Å²) in [6, 6.07) is 0. The van der Waals surface area contributed by atoms with Crippen molar-refractivity contribution in [2.24, 2.45) is 5.41 Å². The van der Waals surface area contributed by atoms with Gasteiger partial charge in [-0.15, -0.1) is 0 Å². The number of thioether (sulfide) groups is 1. The second-order valence-corrected chi connectivity index (χ2v) is 20.6. The molecular weight excluding hydrogens is 931 g/mol. The molecule has 7 atom stereocenters. The van der Waals surface area contributed by atoms with Gasteiger partial charge in [0, 0.05) is 37.1 Å². The Labute approximate surface area is 373 Å². The van der Waals surface area contributed by atoms with Crippen molar-refractivity contribution in [1.82, 2.24) is 30.2 Å². The molecule has 0 saturated carbocycles. The molecule has 25 nitrogen and oxygen atoms in total. The summed E-state index contributed by atoms with van der Waals surface area (Å²) < 4.78 is 62.3. The van der Waals surface area contributed by atoms with E-state index in [9.17, 15) is 62.7 Å². The largest absolute Gasteiger partial charge is 0.481 e. The van der Waals surface area contributed by atoms with Gasteiger partial charge in [-0.3, -0.25) is 37.3 Å². The number of amides is 2. The highest BCUT2D eigenvalue weighted by Gasteiger charge is 2.50. The maximum atomic E-state index is 12.7. The molecule has 0 spiro atoms. The number of hydrogen-bond acceptors (Lipinski definition) is 19. The molecule has 1 fully saturated rings. The predicted molar refractivity (Wildman–Crippen MR) is 228 cm³/mol. The summed E-state index contributed by atoms with van der Waals surface area (Å²) in [5.74, 6) is -1.45. The van der Waals surface area contributed by atoms with Gasteiger partial charge in [0.05, 0.1) is 26.0 Å². The van der Waals surface area contributed by atoms with E-state index in [1.807, 2.05) is 0 Å². The van der Waals surface area contributed by atoms with Gasteiger partial charge in [0.1, 0.15) is 42.0 Å². The number of carbonyl (C=O) groups is 4. The van der Waals surface area contributed by atoms with Crippen LogP contribution in [-0.4, -0.2) is 128 Å². The third-order valence-electron chi connectivity index (χ3n) is 9.32. The van der Waals surface area contributed by atoms with E-state index in [0.29, 0.717) is 12.8 Å². The maximum Gasteiger partial charge on any atom is 0.481 e. The molecule has 29 heteroatoms. The Morgan fingerprint density at radius 1 is 0.969 bits per heavy atom. The molecule has 10 N–H and O–H groups in total. The van der Waals surface area contributed by atoms with Gasteiger partial charge in [-0.2, -0.15) is 4.31 Å². The molecule has 2 amide bonds. The lowest BCUT2D eigenvalue weighted by Gasteiger charge is -2.30. The number of nitrogens with one attached hydrogen (secondary N) is 2. The summed E-state index contributed by atoms with van der Waals surface area (Å²) in [4.78, 5) is 100. The number of anilines is 1. The van der Waals surface area contributed by atoms with Crippen molar-refractivity contribution >= 4 is 74.9 Å². The molecule has 64 heavy (non-hydrogen) atoms. The van der Waals surface area contributed by atoms with Crippen LogP contribution in [0.1, 0.15) is 91.2 Å². The number of Topliss-reactive ketones (excluding diaryl/α,β-unsaturated/α-hetero) is 1. The highest BCUT2D eigenvalue weighted by atomic mass is 32.2. The first kappa shape index (κ1) is 55.3. The van der Waals surface area contributed by atoms with Gasteiger partial charge in [0.2, 0.25) is 11.8 Å². The van der Waals surface area contributed by atoms with E-state index < -0.39 is 84.6 Å². The van der Waals surface area contributed by atoms with Crippen LogP contribution in [0, 0.1) is 5.41 Å². The fraction of sp³-hybridized carbons (Fsp3) is 0.686. The standard InChI is InChI=1S/C35H58N7O18P3S/c1-4-5-6-7-8-9-10-11-12-13-23(43)18-26(45)64-17-16-37-25(44)14-15-38-33(48)30(47)35(2,3)20-57-63(54,55)60-62(52,53)56-19-24-29(59-61(49,50)51)28(46)34(58-24)42-22-41-27-31(36)39-21-40-32(27)42/h9-10,21-22,24,28-30,34,46-47H,4-8,11-20H2,1-3H3,(H,37,44)(H,38,48)(H,52,53)(H,54,55)(H2,36,39,40)(H2,49,50,51)/b10-9-/t24-,28-,29-,30+,34-/m1/s1. The van der Waals surface area contributed by atoms with Gasteiger partial charge in [0.15, 0.2) is 22.8 Å². The van der Waals surface area contributed by atoms with E-state index in [1.54, 1.807) is 0 Å². The third-order valence-corrected chi connectivity index (χ3v) is 13.3. The lowest BCUT2D eigenvalue weighted by atomic mass is 9.87. The number of phosphoric acid groups is 3. The number of allylic oxidation sites excluding steroid dienone is 2. The van der Waals surface area contributed by atoms with Crippen molar-refractivity contribution < 1.29 is 85.3 Å². The molecule has 1 saturated heterocycles. The van der Waals surface area contributed by atoms with Crippen molar-refractivity contribution in [2.45, 2.75) is 116 Å². The van der Waals surface area contributed by atoms with Gasteiger partial charge < -0.3 is 50.9 Å². The van der Waals surface area contributed by atoms with Crippen molar-refractivity contribution in [3.63, 3.8) is 0 Å². The number of phosphoric ester groups is 3. The van der Waals surface area contributed by atoms with Gasteiger partial charge in [-0.25, -0.2) is 28.6 Å². The Morgan fingerprint density at radius 2 is 1.66 bits per heavy atom. The molecular formula is C35H58N7O18P3S. The van der Waals surface area contributed by atoms with Gasteiger partial charge in [-0.1, -0.05) is 63.9 Å². The number of nitrogen functional groups attached to an aromatic ring is 1. The summed E-state index contributed by atoms with van der Waals surface area (Å²) in [5.41, 5.74) is 4.23. The lowest BCUT2D eigenvalue weighted by molar-refractivity contribution is -0.137. The number of aliphatic hydroxyl groups excluding tert-OH is 2. The number of aliphatic hydroxyl groups is 2. The molecule has 0 aliphatic carbocycles. The van der Waals surface area contributed by atoms with Crippen LogP contribution in [0.4, 0.5) is 5.82 Å². The molecule has 1 aliphatic rings. The normalized spacial score (nSPS) is 20.5. The van der Waals surface area contributed by atoms with Crippen LogP contribution in [0.15, 0.2) is 24.8 Å². The number of nitrogens with two attached hydrogens (primary N) is 1. The Hall–Kier alpha value is -3.03. The highest BCUT2D eigenvalue weighted by Crippen LogP contribution is 2.61. The minimum atomic E-state index is -5.59. The van der Waals surface area contributed by atoms with Crippen LogP contribution in [-0.2, 0) is 55.5 Å². The number of rotatable bonds is 30. The number of unbranched alkanes of at least 4 members (excludes halogenated alkanes) is 5. The number of fused-ring (bicyclic) bond motifs is 1. The van der Waals surface area contributed by atoms with E-state index >= 15 is 0 Å². The zero-order valence-corrected chi connectivity index (χ0v) is 39.0. The summed E-state index contributed by atoms with van der Waals surface area (Å²) in [5, 5.41) is 26.1. The second-order valence-electron chi connectivity index (χ2n) is 15.2. The third kappa shape index (κ3) is 19.1. The number of ketones is 1. The fourth-order valence-corrected chi connectivity index (χ4v) is 9.46. The van der Waals surface area contributed by atoms with Crippen LogP contribution in [0.5, 0.6) is 0 Å². The zero-order valence-electron chi connectivity index (χ0n) is 35.5. The minimum absolute atomic E-state index is 0.0249. The number of imidazole rings is 1. The van der Waals surface area contributed by atoms with Gasteiger partial charge in [-0.05, 0) is 25.7 Å². The number of nitrogens with zero attached hydrogens (tertiary/aromatic N) is 4. The number of ether oxygens (including phenoxy) is 1. The molecule has 2 unspecified atom stereocenters. The van der Waals surface area contributed by atoms with E-state index in [0.717, 1.165) is 48.2 Å². The van der Waals surface area contributed by atoms with Gasteiger partial charge >= 0.3 is 23.5 Å². The lowest BCUT2D eigenvalue weighted by Crippen LogP contribution is -2.46. The average Bonchev–Trinajstić information content (AvgIpc) is 3.76. The molecule has 362 valence electrons. The Balaban J connectivity index is 1.37. The maximum absolute atomic E-state index is 12.7. The first-order valence-corrected chi connectivity index (χ1v) is 25.7. The first-order chi connectivity index (χ1) is 29.9. The van der Waals surface area contributed by atoms with Crippen molar-refractivity contribution in [3.05, 3.63) is 24.8 Å². The number of hydrogen-bond donors (Lipinski definition) is 9. The number of aromatic nitrogens is 4. The quantitative estimate of drug-likeness (QED) is 0.0235. The second kappa shape index (κ2) is 25.8.